The van der Waals surface area contributed by atoms with Gasteiger partial charge in [-0.05, 0) is 43.2 Å². The van der Waals surface area contributed by atoms with Gasteiger partial charge in [-0.2, -0.15) is 13.2 Å². The van der Waals surface area contributed by atoms with E-state index >= 15 is 0 Å². The summed E-state index contributed by atoms with van der Waals surface area (Å²) < 4.78 is 45.5. The molecule has 0 aliphatic carbocycles. The van der Waals surface area contributed by atoms with Gasteiger partial charge in [-0.25, -0.2) is 0 Å². The summed E-state index contributed by atoms with van der Waals surface area (Å²) >= 11 is 0. The Kier molecular flexibility index (Phi) is 5.86. The van der Waals surface area contributed by atoms with Gasteiger partial charge in [0.15, 0.2) is 0 Å². The van der Waals surface area contributed by atoms with Crippen LogP contribution in [0.25, 0.3) is 0 Å². The lowest BCUT2D eigenvalue weighted by Crippen LogP contribution is -2.39. The van der Waals surface area contributed by atoms with Crippen LogP contribution in [0.1, 0.15) is 24.5 Å². The number of carbonyl (C=O) groups excluding carboxylic acids is 1. The first-order chi connectivity index (χ1) is 13.7. The summed E-state index contributed by atoms with van der Waals surface area (Å²) in [7, 11) is 0. The molecule has 1 unspecified atom stereocenters. The van der Waals surface area contributed by atoms with Crippen LogP contribution in [0.5, 0.6) is 5.75 Å². The van der Waals surface area contributed by atoms with E-state index < -0.39 is 17.3 Å². The number of hydrogen-bond acceptors (Lipinski definition) is 3. The molecule has 0 radical (unpaired) electrons. The Labute approximate surface area is 168 Å². The molecule has 1 aliphatic heterocycles. The minimum Gasteiger partial charge on any atom is -0.487 e. The molecule has 3 rings (SSSR count). The molecule has 0 spiro atoms. The Morgan fingerprint density at radius 1 is 1.28 bits per heavy atom. The van der Waals surface area contributed by atoms with E-state index in [9.17, 15) is 18.0 Å². The van der Waals surface area contributed by atoms with Crippen molar-refractivity contribution in [3.63, 3.8) is 0 Å². The summed E-state index contributed by atoms with van der Waals surface area (Å²) in [4.78, 5) is 13.5. The van der Waals surface area contributed by atoms with Gasteiger partial charge in [0.1, 0.15) is 12.4 Å². The lowest BCUT2D eigenvalue weighted by atomic mass is 10.0. The van der Waals surface area contributed by atoms with Crippen molar-refractivity contribution in [1.29, 1.82) is 0 Å². The summed E-state index contributed by atoms with van der Waals surface area (Å²) in [6.45, 7) is 6.48. The summed E-state index contributed by atoms with van der Waals surface area (Å²) in [6.07, 6.45) is -2.62. The zero-order valence-corrected chi connectivity index (χ0v) is 16.1. The van der Waals surface area contributed by atoms with E-state index in [4.69, 9.17) is 4.74 Å². The van der Waals surface area contributed by atoms with Crippen molar-refractivity contribution in [3.05, 3.63) is 72.3 Å². The zero-order chi connectivity index (χ0) is 21.1. The van der Waals surface area contributed by atoms with E-state index in [1.807, 2.05) is 37.3 Å². The first kappa shape index (κ1) is 20.8. The van der Waals surface area contributed by atoms with Crippen molar-refractivity contribution in [2.45, 2.75) is 31.7 Å². The minimum atomic E-state index is -4.46. The van der Waals surface area contributed by atoms with Gasteiger partial charge in [0.05, 0.1) is 16.8 Å². The quantitative estimate of drug-likeness (QED) is 0.699. The van der Waals surface area contributed by atoms with Gasteiger partial charge < -0.3 is 15.0 Å². The number of nitrogens with zero attached hydrogens (tertiary/aromatic N) is 1. The molecule has 7 heteroatoms. The van der Waals surface area contributed by atoms with E-state index in [1.165, 1.54) is 12.1 Å². The van der Waals surface area contributed by atoms with Crippen LogP contribution >= 0.6 is 0 Å². The van der Waals surface area contributed by atoms with Gasteiger partial charge >= 0.3 is 6.18 Å². The lowest BCUT2D eigenvalue weighted by Gasteiger charge is -2.29. The van der Waals surface area contributed by atoms with Crippen LogP contribution in [0.2, 0.25) is 0 Å². The van der Waals surface area contributed by atoms with Crippen LogP contribution in [0, 0.1) is 0 Å². The predicted octanol–water partition coefficient (Wildman–Crippen LogP) is 4.87. The predicted molar refractivity (Wildman–Crippen MR) is 106 cm³/mol. The Hall–Kier alpha value is -2.96. The second-order valence-electron chi connectivity index (χ2n) is 7.38. The van der Waals surface area contributed by atoms with Crippen molar-refractivity contribution in [2.75, 3.05) is 18.4 Å². The van der Waals surface area contributed by atoms with Crippen LogP contribution in [-0.4, -0.2) is 29.4 Å². The van der Waals surface area contributed by atoms with E-state index in [0.29, 0.717) is 25.3 Å². The van der Waals surface area contributed by atoms with Crippen molar-refractivity contribution < 1.29 is 22.7 Å². The smallest absolute Gasteiger partial charge is 0.416 e. The molecule has 1 N–H and O–H groups in total. The molecule has 1 aliphatic rings. The lowest BCUT2D eigenvalue weighted by molar-refractivity contribution is -0.137. The topological polar surface area (TPSA) is 41.6 Å². The number of benzene rings is 2. The molecule has 1 atom stereocenters. The van der Waals surface area contributed by atoms with Crippen LogP contribution in [0.4, 0.5) is 18.9 Å². The number of likely N-dealkylation sites (tertiary alicyclic amines) is 1. The monoisotopic (exact) mass is 404 g/mol. The highest BCUT2D eigenvalue weighted by Crippen LogP contribution is 2.37. The minimum absolute atomic E-state index is 0.194. The number of halogens is 3. The summed E-state index contributed by atoms with van der Waals surface area (Å²) in [5.74, 6) is 0.136. The molecule has 4 nitrogen and oxygen atoms in total. The highest BCUT2D eigenvalue weighted by Gasteiger charge is 2.37. The molecular formula is C22H23F3N2O2. The molecule has 1 heterocycles. The molecule has 1 saturated heterocycles. The Morgan fingerprint density at radius 2 is 2.00 bits per heavy atom. The number of anilines is 1. The first-order valence-electron chi connectivity index (χ1n) is 9.28. The molecular weight excluding hydrogens is 381 g/mol. The second-order valence-corrected chi connectivity index (χ2v) is 7.38. The fraction of sp³-hybridized carbons (Fsp3) is 0.318. The number of alkyl halides is 3. The maximum Gasteiger partial charge on any atom is 0.416 e. The molecule has 29 heavy (non-hydrogen) atoms. The van der Waals surface area contributed by atoms with E-state index in [1.54, 1.807) is 4.90 Å². The van der Waals surface area contributed by atoms with Gasteiger partial charge in [-0.3, -0.25) is 4.79 Å². The molecule has 154 valence electrons. The summed E-state index contributed by atoms with van der Waals surface area (Å²) in [5.41, 5.74) is -0.166. The standard InChI is InChI=1S/C22H23F3N2O2/c1-3-20(28)27-12-11-21(2,15-27)26-18-13-17(22(23,24)25)9-10-19(18)29-14-16-7-5-4-6-8-16/h3-10,13,26H,1,11-12,14-15H2,2H3. The maximum atomic E-state index is 13.2. The third-order valence-electron chi connectivity index (χ3n) is 4.94. The average molecular weight is 404 g/mol. The summed E-state index contributed by atoms with van der Waals surface area (Å²) in [6, 6.07) is 12.8. The molecule has 0 aromatic heterocycles. The number of amides is 1. The van der Waals surface area contributed by atoms with Crippen molar-refractivity contribution in [3.8, 4) is 5.75 Å². The van der Waals surface area contributed by atoms with E-state index in [2.05, 4.69) is 11.9 Å². The van der Waals surface area contributed by atoms with Gasteiger partial charge in [-0.15, -0.1) is 0 Å². The highest BCUT2D eigenvalue weighted by molar-refractivity contribution is 5.87. The fourth-order valence-corrected chi connectivity index (χ4v) is 3.37. The molecule has 0 saturated carbocycles. The molecule has 0 bridgehead atoms. The normalized spacial score (nSPS) is 19.1. The summed E-state index contributed by atoms with van der Waals surface area (Å²) in [5, 5.41) is 3.19. The van der Waals surface area contributed by atoms with Crippen LogP contribution < -0.4 is 10.1 Å². The van der Waals surface area contributed by atoms with Crippen molar-refractivity contribution >= 4 is 11.6 Å². The largest absolute Gasteiger partial charge is 0.487 e. The number of rotatable bonds is 6. The number of hydrogen-bond donors (Lipinski definition) is 1. The first-order valence-corrected chi connectivity index (χ1v) is 9.28. The fourth-order valence-electron chi connectivity index (χ4n) is 3.37. The Morgan fingerprint density at radius 3 is 2.66 bits per heavy atom. The Balaban J connectivity index is 1.84. The van der Waals surface area contributed by atoms with Crippen LogP contribution in [0.15, 0.2) is 61.2 Å². The number of carbonyl (C=O) groups is 1. The second kappa shape index (κ2) is 8.19. The van der Waals surface area contributed by atoms with E-state index in [0.717, 1.165) is 17.7 Å². The average Bonchev–Trinajstić information content (AvgIpc) is 3.08. The molecule has 1 fully saturated rings. The zero-order valence-electron chi connectivity index (χ0n) is 16.1. The van der Waals surface area contributed by atoms with Crippen molar-refractivity contribution in [2.24, 2.45) is 0 Å². The molecule has 2 aromatic carbocycles. The third-order valence-corrected chi connectivity index (χ3v) is 4.94. The van der Waals surface area contributed by atoms with Gasteiger partial charge in [-0.1, -0.05) is 36.9 Å². The Bertz CT molecular complexity index is 883. The van der Waals surface area contributed by atoms with E-state index in [-0.39, 0.29) is 18.2 Å². The highest BCUT2D eigenvalue weighted by atomic mass is 19.4. The molecule has 1 amide bonds. The van der Waals surface area contributed by atoms with Gasteiger partial charge in [0, 0.05) is 13.1 Å². The number of ether oxygens (including phenoxy) is 1. The molecule has 2 aromatic rings. The van der Waals surface area contributed by atoms with Gasteiger partial charge in [0.2, 0.25) is 5.91 Å². The van der Waals surface area contributed by atoms with Gasteiger partial charge in [0.25, 0.3) is 0 Å². The SMILES string of the molecule is C=CC(=O)N1CCC(C)(Nc2cc(C(F)(F)F)ccc2OCc2ccccc2)C1. The third kappa shape index (κ3) is 5.10. The van der Waals surface area contributed by atoms with Crippen LogP contribution in [0.3, 0.4) is 0 Å². The van der Waals surface area contributed by atoms with Crippen molar-refractivity contribution in [1.82, 2.24) is 4.90 Å². The maximum absolute atomic E-state index is 13.2. The number of nitrogens with one attached hydrogen (secondary N) is 1. The van der Waals surface area contributed by atoms with Crippen LogP contribution in [-0.2, 0) is 17.6 Å².